The van der Waals surface area contributed by atoms with E-state index in [0.717, 1.165) is 0 Å². The van der Waals surface area contributed by atoms with Gasteiger partial charge in [-0.2, -0.15) is 48.3 Å². The summed E-state index contributed by atoms with van der Waals surface area (Å²) in [6.45, 7) is -0.465. The van der Waals surface area contributed by atoms with Crippen molar-refractivity contribution in [3.8, 4) is 0 Å². The topological polar surface area (TPSA) is 0 Å². The van der Waals surface area contributed by atoms with Crippen LogP contribution >= 0.6 is 0 Å². The molecule has 0 aliphatic heterocycles. The van der Waals surface area contributed by atoms with Crippen LogP contribution in [0.2, 0.25) is 0 Å². The van der Waals surface area contributed by atoms with Crippen molar-refractivity contribution >= 4 is 0 Å². The second-order valence-electron chi connectivity index (χ2n) is 4.44. The number of alkyl halides is 13. The third-order valence-electron chi connectivity index (χ3n) is 2.60. The van der Waals surface area contributed by atoms with Crippen molar-refractivity contribution in [1.29, 1.82) is 0 Å². The smallest absolute Gasteiger partial charge is 0.200 e. The van der Waals surface area contributed by atoms with E-state index in [0.29, 0.717) is 0 Å². The van der Waals surface area contributed by atoms with Gasteiger partial charge < -0.3 is 0 Å². The fourth-order valence-corrected chi connectivity index (χ4v) is 1.10. The van der Waals surface area contributed by atoms with E-state index in [9.17, 15) is 57.1 Å². The zero-order valence-electron chi connectivity index (χ0n) is 10.3. The maximum absolute atomic E-state index is 12.8. The molecule has 0 amide bonds. The summed E-state index contributed by atoms with van der Waals surface area (Å²) in [5.74, 6) is -30.9. The molecule has 0 heterocycles. The average molecular weight is 362 g/mol. The fourth-order valence-electron chi connectivity index (χ4n) is 1.10. The van der Waals surface area contributed by atoms with Gasteiger partial charge in [-0.15, -0.1) is 0 Å². The van der Waals surface area contributed by atoms with Crippen LogP contribution in [0.1, 0.15) is 19.8 Å². The lowest BCUT2D eigenvalue weighted by atomic mass is 9.96. The van der Waals surface area contributed by atoms with Crippen molar-refractivity contribution in [2.75, 3.05) is 0 Å². The maximum Gasteiger partial charge on any atom is 0.460 e. The van der Waals surface area contributed by atoms with E-state index in [1.165, 1.54) is 0 Å². The number of hydrogen-bond acceptors (Lipinski definition) is 0. The van der Waals surface area contributed by atoms with Gasteiger partial charge in [-0.25, -0.2) is 8.78 Å². The monoisotopic (exact) mass is 362 g/mol. The molecule has 0 saturated carbocycles. The molecule has 0 unspecified atom stereocenters. The van der Waals surface area contributed by atoms with Crippen LogP contribution in [0.4, 0.5) is 57.1 Å². The molecule has 0 fully saturated rings. The predicted octanol–water partition coefficient (Wildman–Crippen LogP) is 5.53. The van der Waals surface area contributed by atoms with E-state index >= 15 is 0 Å². The van der Waals surface area contributed by atoms with Gasteiger partial charge in [0.15, 0.2) is 0 Å². The van der Waals surface area contributed by atoms with Gasteiger partial charge >= 0.3 is 35.8 Å². The summed E-state index contributed by atoms with van der Waals surface area (Å²) >= 11 is 0. The van der Waals surface area contributed by atoms with Gasteiger partial charge in [0.25, 0.3) is 0 Å². The second kappa shape index (κ2) is 5.32. The van der Waals surface area contributed by atoms with Crippen LogP contribution in [-0.4, -0.2) is 35.8 Å². The first-order chi connectivity index (χ1) is 9.21. The van der Waals surface area contributed by atoms with Gasteiger partial charge in [0.1, 0.15) is 0 Å². The molecular weight excluding hydrogens is 355 g/mol. The molecule has 0 aromatic heterocycles. The van der Waals surface area contributed by atoms with E-state index < -0.39 is 55.6 Å². The number of rotatable bonds is 6. The van der Waals surface area contributed by atoms with Gasteiger partial charge in [-0.05, 0) is 0 Å². The first-order valence-corrected chi connectivity index (χ1v) is 5.16. The van der Waals surface area contributed by atoms with Crippen LogP contribution in [0, 0.1) is 0 Å². The highest BCUT2D eigenvalue weighted by Gasteiger charge is 2.81. The minimum atomic E-state index is -7.24. The Hall–Kier alpha value is -0.910. The molecule has 0 spiro atoms. The highest BCUT2D eigenvalue weighted by Crippen LogP contribution is 2.55. The van der Waals surface area contributed by atoms with Gasteiger partial charge in [0, 0.05) is 19.8 Å². The maximum atomic E-state index is 12.8. The Kier molecular flexibility index (Phi) is 5.10. The third-order valence-corrected chi connectivity index (χ3v) is 2.60. The molecule has 0 atom stereocenters. The molecule has 0 bridgehead atoms. The molecule has 0 aliphatic carbocycles. The van der Waals surface area contributed by atoms with Gasteiger partial charge in [-0.1, -0.05) is 0 Å². The molecule has 13 heteroatoms. The second-order valence-corrected chi connectivity index (χ2v) is 4.44. The Bertz CT molecular complexity index is 385. The van der Waals surface area contributed by atoms with Gasteiger partial charge in [0.05, 0.1) is 0 Å². The Balaban J connectivity index is 5.41. The minimum Gasteiger partial charge on any atom is -0.200 e. The van der Waals surface area contributed by atoms with Crippen LogP contribution < -0.4 is 0 Å². The summed E-state index contributed by atoms with van der Waals surface area (Å²) in [7, 11) is 0. The lowest BCUT2D eigenvalue weighted by Crippen LogP contribution is -2.61. The van der Waals surface area contributed by atoms with E-state index in [1.54, 1.807) is 0 Å². The molecule has 0 radical (unpaired) electrons. The van der Waals surface area contributed by atoms with Crippen molar-refractivity contribution in [1.82, 2.24) is 0 Å². The summed E-state index contributed by atoms with van der Waals surface area (Å²) < 4.78 is 161. The van der Waals surface area contributed by atoms with Gasteiger partial charge in [0.2, 0.25) is 0 Å². The Morgan fingerprint density at radius 3 is 1.09 bits per heavy atom. The van der Waals surface area contributed by atoms with Crippen molar-refractivity contribution in [3.05, 3.63) is 0 Å². The van der Waals surface area contributed by atoms with Crippen LogP contribution in [-0.2, 0) is 0 Å². The lowest BCUT2D eigenvalue weighted by molar-refractivity contribution is -0.398. The van der Waals surface area contributed by atoms with Crippen LogP contribution in [0.15, 0.2) is 0 Å². The van der Waals surface area contributed by atoms with Crippen molar-refractivity contribution in [2.45, 2.75) is 55.6 Å². The molecule has 0 nitrogen and oxygen atoms in total. The van der Waals surface area contributed by atoms with Crippen molar-refractivity contribution in [3.63, 3.8) is 0 Å². The van der Waals surface area contributed by atoms with Crippen molar-refractivity contribution in [2.24, 2.45) is 0 Å². The first kappa shape index (κ1) is 21.1. The molecule has 0 aromatic carbocycles. The Labute approximate surface area is 114 Å². The normalized spacial score (nSPS) is 16.1. The lowest BCUT2D eigenvalue weighted by Gasteiger charge is -2.34. The molecule has 0 aliphatic rings. The van der Waals surface area contributed by atoms with E-state index in [1.807, 2.05) is 0 Å². The average Bonchev–Trinajstić information content (AvgIpc) is 2.23. The first-order valence-electron chi connectivity index (χ1n) is 5.16. The molecule has 0 saturated heterocycles. The van der Waals surface area contributed by atoms with Crippen LogP contribution in [0.25, 0.3) is 0 Å². The van der Waals surface area contributed by atoms with Gasteiger partial charge in [-0.3, -0.25) is 0 Å². The van der Waals surface area contributed by atoms with E-state index in [4.69, 9.17) is 0 Å². The molecule has 0 N–H and O–H groups in total. The molecule has 0 aromatic rings. The zero-order chi connectivity index (χ0) is 18.4. The molecule has 22 heavy (non-hydrogen) atoms. The third kappa shape index (κ3) is 3.53. The zero-order valence-corrected chi connectivity index (χ0v) is 10.3. The van der Waals surface area contributed by atoms with Crippen LogP contribution in [0.3, 0.4) is 0 Å². The Morgan fingerprint density at radius 2 is 0.818 bits per heavy atom. The standard InChI is InChI=1S/C9H7F13/c1-4(10,11)5(12,13)2-3-6(14,15)7(16,17)8(18,19)9(20,21)22/h2-3H2,1H3. The highest BCUT2D eigenvalue weighted by molar-refractivity contribution is 5.01. The quantitative estimate of drug-likeness (QED) is 0.546. The predicted molar refractivity (Wildman–Crippen MR) is 45.7 cm³/mol. The summed E-state index contributed by atoms with van der Waals surface area (Å²) in [6.07, 6.45) is -12.8. The minimum absolute atomic E-state index is 0.465. The molecular formula is C9H7F13. The van der Waals surface area contributed by atoms with E-state index in [2.05, 4.69) is 0 Å². The van der Waals surface area contributed by atoms with Crippen molar-refractivity contribution < 1.29 is 57.1 Å². The summed E-state index contributed by atoms with van der Waals surface area (Å²) in [4.78, 5) is 0. The largest absolute Gasteiger partial charge is 0.460 e. The number of halogens is 13. The number of hydrogen-bond donors (Lipinski definition) is 0. The molecule has 134 valence electrons. The van der Waals surface area contributed by atoms with E-state index in [-0.39, 0.29) is 0 Å². The van der Waals surface area contributed by atoms with Crippen LogP contribution in [0.5, 0.6) is 0 Å². The Morgan fingerprint density at radius 1 is 0.500 bits per heavy atom. The highest BCUT2D eigenvalue weighted by atomic mass is 19.4. The summed E-state index contributed by atoms with van der Waals surface area (Å²) in [5, 5.41) is 0. The molecule has 0 rings (SSSR count). The summed E-state index contributed by atoms with van der Waals surface area (Å²) in [5.41, 5.74) is 0. The summed E-state index contributed by atoms with van der Waals surface area (Å²) in [6, 6.07) is 0. The SMILES string of the molecule is CC(F)(F)C(F)(F)CCC(F)(F)C(F)(F)C(F)(F)C(F)(F)F. The fraction of sp³-hybridized carbons (Fsp3) is 1.00.